The van der Waals surface area contributed by atoms with Gasteiger partial charge in [0.25, 0.3) is 5.91 Å². The first-order valence-corrected chi connectivity index (χ1v) is 11.8. The summed E-state index contributed by atoms with van der Waals surface area (Å²) in [6.45, 7) is 8.77. The maximum atomic E-state index is 13.7. The number of thiophene rings is 1. The van der Waals surface area contributed by atoms with Crippen molar-refractivity contribution in [2.45, 2.75) is 46.6 Å². The SMILES string of the molecule is CCN(CC)C(=O)c1sc(NC(=S)N2c3ccc(F)cc3CC[C@H]2C)c(C(=O)OC)c1C. The molecule has 0 unspecified atom stereocenters. The topological polar surface area (TPSA) is 61.9 Å². The molecule has 0 aliphatic carbocycles. The smallest absolute Gasteiger partial charge is 0.341 e. The number of halogens is 1. The Bertz CT molecular complexity index is 1050. The minimum Gasteiger partial charge on any atom is -0.465 e. The van der Waals surface area contributed by atoms with Crippen molar-refractivity contribution in [2.24, 2.45) is 0 Å². The first-order chi connectivity index (χ1) is 15.2. The van der Waals surface area contributed by atoms with E-state index in [0.29, 0.717) is 39.2 Å². The molecule has 172 valence electrons. The van der Waals surface area contributed by atoms with Crippen LogP contribution in [0.3, 0.4) is 0 Å². The lowest BCUT2D eigenvalue weighted by molar-refractivity contribution is 0.0601. The number of aryl methyl sites for hydroxylation is 1. The van der Waals surface area contributed by atoms with Gasteiger partial charge >= 0.3 is 5.97 Å². The second kappa shape index (κ2) is 9.95. The zero-order valence-corrected chi connectivity index (χ0v) is 20.6. The first kappa shape index (κ1) is 24.1. The second-order valence-electron chi connectivity index (χ2n) is 7.69. The Morgan fingerprint density at radius 3 is 2.66 bits per heavy atom. The average molecular weight is 478 g/mol. The number of ether oxygens (including phenoxy) is 1. The molecule has 3 rings (SSSR count). The Balaban J connectivity index is 2.00. The number of esters is 1. The van der Waals surface area contributed by atoms with Crippen LogP contribution >= 0.6 is 23.6 Å². The number of nitrogens with zero attached hydrogens (tertiary/aromatic N) is 2. The van der Waals surface area contributed by atoms with E-state index in [-0.39, 0.29) is 17.8 Å². The number of nitrogens with one attached hydrogen (secondary N) is 1. The maximum Gasteiger partial charge on any atom is 0.341 e. The zero-order chi connectivity index (χ0) is 23.6. The fourth-order valence-electron chi connectivity index (χ4n) is 3.99. The number of methoxy groups -OCH3 is 1. The third-order valence-corrected chi connectivity index (χ3v) is 7.29. The van der Waals surface area contributed by atoms with E-state index in [9.17, 15) is 14.0 Å². The number of amides is 1. The highest BCUT2D eigenvalue weighted by Crippen LogP contribution is 2.37. The van der Waals surface area contributed by atoms with E-state index in [4.69, 9.17) is 17.0 Å². The normalized spacial score (nSPS) is 15.2. The van der Waals surface area contributed by atoms with Crippen molar-refractivity contribution in [3.8, 4) is 0 Å². The van der Waals surface area contributed by atoms with Crippen LogP contribution < -0.4 is 10.2 Å². The van der Waals surface area contributed by atoms with Crippen LogP contribution in [-0.4, -0.2) is 48.1 Å². The van der Waals surface area contributed by atoms with Crippen molar-refractivity contribution in [3.05, 3.63) is 45.6 Å². The molecule has 0 fully saturated rings. The van der Waals surface area contributed by atoms with Crippen molar-refractivity contribution < 1.29 is 18.7 Å². The van der Waals surface area contributed by atoms with Crippen molar-refractivity contribution >= 4 is 51.2 Å². The van der Waals surface area contributed by atoms with E-state index in [1.165, 1.54) is 30.6 Å². The van der Waals surface area contributed by atoms with Gasteiger partial charge in [0.15, 0.2) is 5.11 Å². The summed E-state index contributed by atoms with van der Waals surface area (Å²) in [6, 6.07) is 4.77. The largest absolute Gasteiger partial charge is 0.465 e. The van der Waals surface area contributed by atoms with Crippen LogP contribution in [0.2, 0.25) is 0 Å². The van der Waals surface area contributed by atoms with Crippen LogP contribution in [0.1, 0.15) is 58.3 Å². The van der Waals surface area contributed by atoms with Crippen molar-refractivity contribution in [3.63, 3.8) is 0 Å². The summed E-state index contributed by atoms with van der Waals surface area (Å²) < 4.78 is 18.7. The molecule has 1 aliphatic heterocycles. The highest BCUT2D eigenvalue weighted by atomic mass is 32.1. The summed E-state index contributed by atoms with van der Waals surface area (Å²) in [5, 5.41) is 4.04. The van der Waals surface area contributed by atoms with Crippen molar-refractivity contribution in [1.82, 2.24) is 4.90 Å². The molecule has 0 saturated carbocycles. The number of hydrogen-bond donors (Lipinski definition) is 1. The molecule has 9 heteroatoms. The molecular weight excluding hydrogens is 449 g/mol. The Labute approximate surface area is 197 Å². The first-order valence-electron chi connectivity index (χ1n) is 10.6. The summed E-state index contributed by atoms with van der Waals surface area (Å²) in [5.74, 6) is -0.941. The lowest BCUT2D eigenvalue weighted by atomic mass is 9.97. The van der Waals surface area contributed by atoms with Crippen molar-refractivity contribution in [2.75, 3.05) is 30.4 Å². The molecule has 2 aromatic rings. The van der Waals surface area contributed by atoms with Crippen LogP contribution in [-0.2, 0) is 11.2 Å². The van der Waals surface area contributed by atoms with Gasteiger partial charge in [-0.2, -0.15) is 0 Å². The van der Waals surface area contributed by atoms with Gasteiger partial charge in [0, 0.05) is 24.8 Å². The molecule has 0 saturated heterocycles. The number of benzene rings is 1. The van der Waals surface area contributed by atoms with Gasteiger partial charge in [-0.15, -0.1) is 11.3 Å². The molecule has 1 N–H and O–H groups in total. The van der Waals surface area contributed by atoms with Gasteiger partial charge in [0.1, 0.15) is 10.8 Å². The van der Waals surface area contributed by atoms with Crippen LogP contribution in [0.15, 0.2) is 18.2 Å². The molecule has 1 amide bonds. The zero-order valence-electron chi connectivity index (χ0n) is 19.0. The minimum absolute atomic E-state index is 0.0902. The standard InChI is InChI=1S/C23H28FN3O3S2/c1-6-26(7-2)21(28)19-14(4)18(22(29)30-5)20(32-19)25-23(31)27-13(3)8-9-15-12-16(24)10-11-17(15)27/h10-13H,6-9H2,1-5H3,(H,25,31)/t13-/m1/s1. The Hall–Kier alpha value is -2.52. The van der Waals surface area contributed by atoms with E-state index in [2.05, 4.69) is 12.2 Å². The minimum atomic E-state index is -0.531. The Morgan fingerprint density at radius 1 is 1.34 bits per heavy atom. The van der Waals surface area contributed by atoms with E-state index in [1.807, 2.05) is 18.7 Å². The molecule has 6 nitrogen and oxygen atoms in total. The Kier molecular flexibility index (Phi) is 7.51. The van der Waals surface area contributed by atoms with Gasteiger partial charge in [-0.05, 0) is 82.1 Å². The molecule has 1 aromatic heterocycles. The molecule has 0 radical (unpaired) electrons. The summed E-state index contributed by atoms with van der Waals surface area (Å²) in [4.78, 5) is 29.7. The predicted molar refractivity (Wildman–Crippen MR) is 131 cm³/mol. The van der Waals surface area contributed by atoms with Crippen molar-refractivity contribution in [1.29, 1.82) is 0 Å². The summed E-state index contributed by atoms with van der Waals surface area (Å²) >= 11 is 6.92. The molecule has 0 spiro atoms. The lowest BCUT2D eigenvalue weighted by Gasteiger charge is -2.37. The van der Waals surface area contributed by atoms with E-state index < -0.39 is 5.97 Å². The quantitative estimate of drug-likeness (QED) is 0.483. The molecule has 1 aliphatic rings. The number of rotatable bonds is 5. The molecular formula is C23H28FN3O3S2. The molecule has 2 heterocycles. The average Bonchev–Trinajstić information content (AvgIpc) is 3.09. The molecule has 1 atom stereocenters. The van der Waals surface area contributed by atoms with Crippen LogP contribution in [0.4, 0.5) is 15.1 Å². The van der Waals surface area contributed by atoms with E-state index in [0.717, 1.165) is 24.1 Å². The highest BCUT2D eigenvalue weighted by molar-refractivity contribution is 7.80. The fourth-order valence-corrected chi connectivity index (χ4v) is 5.60. The van der Waals surface area contributed by atoms with Gasteiger partial charge in [-0.25, -0.2) is 9.18 Å². The number of carbonyl (C=O) groups is 2. The number of hydrogen-bond acceptors (Lipinski definition) is 5. The summed E-state index contributed by atoms with van der Waals surface area (Å²) in [6.07, 6.45) is 1.58. The molecule has 32 heavy (non-hydrogen) atoms. The van der Waals surface area contributed by atoms with Crippen LogP contribution in [0.25, 0.3) is 0 Å². The second-order valence-corrected chi connectivity index (χ2v) is 9.10. The van der Waals surface area contributed by atoms with E-state index >= 15 is 0 Å². The highest BCUT2D eigenvalue weighted by Gasteiger charge is 2.31. The van der Waals surface area contributed by atoms with Gasteiger partial charge in [-0.3, -0.25) is 4.79 Å². The summed E-state index contributed by atoms with van der Waals surface area (Å²) in [5.41, 5.74) is 2.60. The van der Waals surface area contributed by atoms with Gasteiger partial charge < -0.3 is 19.9 Å². The van der Waals surface area contributed by atoms with Gasteiger partial charge in [0.2, 0.25) is 0 Å². The Morgan fingerprint density at radius 2 is 2.03 bits per heavy atom. The lowest BCUT2D eigenvalue weighted by Crippen LogP contribution is -2.44. The number of fused-ring (bicyclic) bond motifs is 1. The summed E-state index contributed by atoms with van der Waals surface area (Å²) in [7, 11) is 1.31. The van der Waals surface area contributed by atoms with Crippen LogP contribution in [0.5, 0.6) is 0 Å². The molecule has 1 aromatic carbocycles. The number of thiocarbonyl (C=S) groups is 1. The third-order valence-electron chi connectivity index (χ3n) is 5.79. The van der Waals surface area contributed by atoms with Gasteiger partial charge in [-0.1, -0.05) is 0 Å². The fraction of sp³-hybridized carbons (Fsp3) is 0.435. The molecule has 0 bridgehead atoms. The monoisotopic (exact) mass is 477 g/mol. The number of carbonyl (C=O) groups excluding carboxylic acids is 2. The van der Waals surface area contributed by atoms with E-state index in [1.54, 1.807) is 17.9 Å². The van der Waals surface area contributed by atoms with Crippen LogP contribution in [0, 0.1) is 12.7 Å². The predicted octanol–water partition coefficient (Wildman–Crippen LogP) is 5.00. The maximum absolute atomic E-state index is 13.7. The third kappa shape index (κ3) is 4.49. The number of anilines is 2. The van der Waals surface area contributed by atoms with Gasteiger partial charge in [0.05, 0.1) is 17.6 Å².